The van der Waals surface area contributed by atoms with Crippen molar-refractivity contribution in [3.8, 4) is 29.5 Å². The summed E-state index contributed by atoms with van der Waals surface area (Å²) in [5, 5.41) is 14.9. The topological polar surface area (TPSA) is 85.2 Å². The summed E-state index contributed by atoms with van der Waals surface area (Å²) in [5.41, 5.74) is 6.38. The molecule has 0 bridgehead atoms. The van der Waals surface area contributed by atoms with Crippen molar-refractivity contribution >= 4 is 50.4 Å². The smallest absolute Gasteiger partial charge is 0.323 e. The zero-order chi connectivity index (χ0) is 22.8. The van der Waals surface area contributed by atoms with Crippen molar-refractivity contribution in [1.29, 1.82) is 5.26 Å². The molecule has 2 amide bonds. The average Bonchev–Trinajstić information content (AvgIpc) is 3.53. The largest absolute Gasteiger partial charge is 0.367 e. The first-order valence-electron chi connectivity index (χ1n) is 10.3. The van der Waals surface area contributed by atoms with Crippen molar-refractivity contribution < 1.29 is 4.79 Å². The lowest BCUT2D eigenvalue weighted by Gasteiger charge is -2.36. The Labute approximate surface area is 198 Å². The van der Waals surface area contributed by atoms with E-state index in [1.165, 1.54) is 11.3 Å². The third kappa shape index (κ3) is 4.12. The predicted octanol–water partition coefficient (Wildman–Crippen LogP) is 4.63. The van der Waals surface area contributed by atoms with Crippen LogP contribution >= 0.6 is 22.7 Å². The van der Waals surface area contributed by atoms with Crippen molar-refractivity contribution in [3.63, 3.8) is 0 Å². The maximum absolute atomic E-state index is 12.6. The number of carbonyl (C=O) groups is 1. The van der Waals surface area contributed by atoms with E-state index in [4.69, 9.17) is 6.42 Å². The van der Waals surface area contributed by atoms with Gasteiger partial charge in [-0.05, 0) is 29.7 Å². The van der Waals surface area contributed by atoms with Gasteiger partial charge >= 0.3 is 6.03 Å². The van der Waals surface area contributed by atoms with E-state index in [1.54, 1.807) is 21.6 Å². The van der Waals surface area contributed by atoms with Crippen molar-refractivity contribution in [2.45, 2.75) is 0 Å². The molecule has 0 saturated carbocycles. The van der Waals surface area contributed by atoms with Gasteiger partial charge in [-0.2, -0.15) is 5.26 Å². The molecular formula is C24H18N6OS2. The number of amides is 2. The molecule has 1 fully saturated rings. The van der Waals surface area contributed by atoms with E-state index in [9.17, 15) is 10.1 Å². The maximum Gasteiger partial charge on any atom is 0.323 e. The van der Waals surface area contributed by atoms with Gasteiger partial charge in [-0.25, -0.2) is 14.8 Å². The van der Waals surface area contributed by atoms with Gasteiger partial charge in [0.2, 0.25) is 0 Å². The van der Waals surface area contributed by atoms with Crippen LogP contribution in [0.5, 0.6) is 0 Å². The van der Waals surface area contributed by atoms with E-state index in [0.29, 0.717) is 42.6 Å². The zero-order valence-electron chi connectivity index (χ0n) is 17.5. The molecule has 5 rings (SSSR count). The number of carbonyl (C=O) groups excluding carboxylic acids is 1. The Morgan fingerprint density at radius 2 is 2.00 bits per heavy atom. The second-order valence-corrected chi connectivity index (χ2v) is 9.15. The summed E-state index contributed by atoms with van der Waals surface area (Å²) in [6.45, 7) is 2.37. The summed E-state index contributed by atoms with van der Waals surface area (Å²) in [6, 6.07) is 14.2. The lowest BCUT2D eigenvalue weighted by molar-refractivity contribution is 0.208. The van der Waals surface area contributed by atoms with Gasteiger partial charge in [0.15, 0.2) is 5.01 Å². The van der Waals surface area contributed by atoms with Crippen molar-refractivity contribution in [3.05, 3.63) is 57.9 Å². The van der Waals surface area contributed by atoms with Crippen LogP contribution in [0.4, 0.5) is 16.3 Å². The summed E-state index contributed by atoms with van der Waals surface area (Å²) in [6.07, 6.45) is 5.34. The molecule has 0 spiro atoms. The van der Waals surface area contributed by atoms with Crippen molar-refractivity contribution in [2.75, 3.05) is 36.4 Å². The first-order valence-corrected chi connectivity index (χ1v) is 12.0. The minimum Gasteiger partial charge on any atom is -0.367 e. The lowest BCUT2D eigenvalue weighted by atomic mass is 10.0. The fourth-order valence-electron chi connectivity index (χ4n) is 3.92. The van der Waals surface area contributed by atoms with Crippen LogP contribution < -0.4 is 10.2 Å². The number of piperazine rings is 1. The first kappa shape index (κ1) is 21.0. The van der Waals surface area contributed by atoms with Gasteiger partial charge in [-0.3, -0.25) is 5.32 Å². The summed E-state index contributed by atoms with van der Waals surface area (Å²) >= 11 is 2.92. The average molecular weight is 471 g/mol. The van der Waals surface area contributed by atoms with Gasteiger partial charge in [0.1, 0.15) is 11.9 Å². The van der Waals surface area contributed by atoms with Crippen LogP contribution in [-0.4, -0.2) is 47.1 Å². The van der Waals surface area contributed by atoms with Crippen molar-refractivity contribution in [1.82, 2.24) is 14.9 Å². The number of nitrogens with one attached hydrogen (secondary N) is 1. The molecule has 9 heteroatoms. The van der Waals surface area contributed by atoms with Gasteiger partial charge in [0, 0.05) is 37.1 Å². The number of hydrogen-bond donors (Lipinski definition) is 1. The highest BCUT2D eigenvalue weighted by atomic mass is 32.1. The second-order valence-electron chi connectivity index (χ2n) is 7.44. The Morgan fingerprint density at radius 3 is 2.76 bits per heavy atom. The zero-order valence-corrected chi connectivity index (χ0v) is 19.1. The quantitative estimate of drug-likeness (QED) is 0.442. The lowest BCUT2D eigenvalue weighted by Crippen LogP contribution is -2.50. The number of benzene rings is 2. The highest BCUT2D eigenvalue weighted by Crippen LogP contribution is 2.34. The highest BCUT2D eigenvalue weighted by Gasteiger charge is 2.23. The number of anilines is 2. The normalized spacial score (nSPS) is 13.5. The molecule has 0 radical (unpaired) electrons. The number of nitrogens with zero attached hydrogens (tertiary/aromatic N) is 5. The van der Waals surface area contributed by atoms with E-state index in [-0.39, 0.29) is 6.03 Å². The summed E-state index contributed by atoms with van der Waals surface area (Å²) in [5.74, 6) is 2.93. The van der Waals surface area contributed by atoms with Gasteiger partial charge in [0.05, 0.1) is 27.0 Å². The van der Waals surface area contributed by atoms with Gasteiger partial charge in [-0.15, -0.1) is 29.1 Å². The van der Waals surface area contributed by atoms with Crippen LogP contribution in [0.3, 0.4) is 0 Å². The molecule has 7 nitrogen and oxygen atoms in total. The number of urea groups is 1. The Bertz CT molecular complexity index is 1420. The van der Waals surface area contributed by atoms with E-state index >= 15 is 0 Å². The van der Waals surface area contributed by atoms with E-state index < -0.39 is 0 Å². The molecule has 0 atom stereocenters. The standard InChI is InChI=1S/C24H18N6OS2/c1-2-22-27-21(14-32-22)28-24(31)30-10-8-29(9-11-30)20-7-6-16(12-17(20)13-25)18-4-3-5-19-23(18)33-15-26-19/h1,3-7,12,14-15H,8-11H2,(H,28,31). The van der Waals surface area contributed by atoms with Crippen LogP contribution in [0.1, 0.15) is 10.6 Å². The van der Waals surface area contributed by atoms with Crippen molar-refractivity contribution in [2.24, 2.45) is 0 Å². The molecule has 4 aromatic rings. The molecule has 1 N–H and O–H groups in total. The van der Waals surface area contributed by atoms with E-state index in [1.807, 2.05) is 29.8 Å². The number of fused-ring (bicyclic) bond motifs is 1. The molecule has 1 saturated heterocycles. The second kappa shape index (κ2) is 8.91. The predicted molar refractivity (Wildman–Crippen MR) is 133 cm³/mol. The number of thiazole rings is 2. The van der Waals surface area contributed by atoms with Crippen LogP contribution in [0.2, 0.25) is 0 Å². The SMILES string of the molecule is C#Cc1nc(NC(=O)N2CCN(c3ccc(-c4cccc5ncsc45)cc3C#N)CC2)cs1. The van der Waals surface area contributed by atoms with E-state index in [2.05, 4.69) is 44.3 Å². The molecular weight excluding hydrogens is 452 g/mol. The minimum absolute atomic E-state index is 0.197. The molecule has 3 heterocycles. The number of rotatable bonds is 3. The third-order valence-corrected chi connectivity index (χ3v) is 7.20. The highest BCUT2D eigenvalue weighted by molar-refractivity contribution is 7.17. The van der Waals surface area contributed by atoms with Gasteiger partial charge < -0.3 is 9.80 Å². The molecule has 33 heavy (non-hydrogen) atoms. The molecule has 1 aliphatic rings. The maximum atomic E-state index is 12.6. The Kier molecular flexibility index (Phi) is 5.66. The van der Waals surface area contributed by atoms with Gasteiger partial charge in [-0.1, -0.05) is 18.2 Å². The number of aromatic nitrogens is 2. The van der Waals surface area contributed by atoms with E-state index in [0.717, 1.165) is 27.0 Å². The Balaban J connectivity index is 1.29. The van der Waals surface area contributed by atoms with Crippen LogP contribution in [0.25, 0.3) is 21.3 Å². The molecule has 2 aromatic carbocycles. The van der Waals surface area contributed by atoms with Crippen LogP contribution in [0.15, 0.2) is 47.3 Å². The summed E-state index contributed by atoms with van der Waals surface area (Å²) < 4.78 is 1.11. The number of hydrogen-bond acceptors (Lipinski definition) is 7. The number of nitriles is 1. The first-order chi connectivity index (χ1) is 16.2. The number of terminal acetylenes is 1. The van der Waals surface area contributed by atoms with Gasteiger partial charge in [0.25, 0.3) is 0 Å². The molecule has 162 valence electrons. The Morgan fingerprint density at radius 1 is 1.15 bits per heavy atom. The fourth-order valence-corrected chi connectivity index (χ4v) is 5.30. The molecule has 0 unspecified atom stereocenters. The summed E-state index contributed by atoms with van der Waals surface area (Å²) in [7, 11) is 0. The van der Waals surface area contributed by atoms with Crippen LogP contribution in [-0.2, 0) is 0 Å². The monoisotopic (exact) mass is 470 g/mol. The molecule has 0 aliphatic carbocycles. The summed E-state index contributed by atoms with van der Waals surface area (Å²) in [4.78, 5) is 25.0. The van der Waals surface area contributed by atoms with Crippen LogP contribution in [0, 0.1) is 23.7 Å². The molecule has 1 aliphatic heterocycles. The minimum atomic E-state index is -0.197. The molecule has 2 aromatic heterocycles. The third-order valence-electron chi connectivity index (χ3n) is 5.55. The Hall–Kier alpha value is -3.92. The fraction of sp³-hybridized carbons (Fsp3) is 0.167.